The molecule has 0 bridgehead atoms. The molecule has 0 aliphatic carbocycles. The zero-order chi connectivity index (χ0) is 15.3. The number of hydrogen-bond donors (Lipinski definition) is 2. The summed E-state index contributed by atoms with van der Waals surface area (Å²) in [5.41, 5.74) is 1.79. The van der Waals surface area contributed by atoms with E-state index in [0.29, 0.717) is 11.3 Å². The number of carbonyl (C=O) groups is 2. The highest BCUT2D eigenvalue weighted by molar-refractivity contribution is 7.91. The lowest BCUT2D eigenvalue weighted by molar-refractivity contribution is -0.131. The number of rotatable bonds is 5. The largest absolute Gasteiger partial charge is 0.478 e. The third kappa shape index (κ3) is 5.66. The van der Waals surface area contributed by atoms with Crippen LogP contribution >= 0.6 is 0 Å². The van der Waals surface area contributed by atoms with Gasteiger partial charge in [-0.2, -0.15) is 0 Å². The number of nitrogens with one attached hydrogen (secondary N) is 1. The molecular weight excluding hydrogens is 282 g/mol. The number of carboxylic acids is 1. The Hall–Kier alpha value is -2.15. The third-order valence-corrected chi connectivity index (χ3v) is 3.13. The van der Waals surface area contributed by atoms with Crippen LogP contribution in [-0.4, -0.2) is 37.4 Å². The number of anilines is 1. The highest BCUT2D eigenvalue weighted by Crippen LogP contribution is 2.18. The SMILES string of the molecule is Cc1ccc(C=CC(=O)O)cc1NC(=O)CS(C)(=O)=O. The Balaban J connectivity index is 2.92. The van der Waals surface area contributed by atoms with E-state index in [-0.39, 0.29) is 0 Å². The van der Waals surface area contributed by atoms with Crippen molar-refractivity contribution in [3.05, 3.63) is 35.4 Å². The van der Waals surface area contributed by atoms with Crippen molar-refractivity contribution >= 4 is 33.5 Å². The molecule has 0 saturated heterocycles. The van der Waals surface area contributed by atoms with Gasteiger partial charge in [0.05, 0.1) is 0 Å². The van der Waals surface area contributed by atoms with E-state index in [2.05, 4.69) is 5.32 Å². The zero-order valence-corrected chi connectivity index (χ0v) is 11.9. The second-order valence-corrected chi connectivity index (χ2v) is 6.50. The fourth-order valence-electron chi connectivity index (χ4n) is 1.47. The summed E-state index contributed by atoms with van der Waals surface area (Å²) >= 11 is 0. The Morgan fingerprint density at radius 2 is 2.00 bits per heavy atom. The van der Waals surface area contributed by atoms with Crippen LogP contribution in [0.1, 0.15) is 11.1 Å². The van der Waals surface area contributed by atoms with Crippen molar-refractivity contribution in [1.82, 2.24) is 0 Å². The highest BCUT2D eigenvalue weighted by Gasteiger charge is 2.12. The second-order valence-electron chi connectivity index (χ2n) is 4.36. The van der Waals surface area contributed by atoms with Crippen LogP contribution in [-0.2, 0) is 19.4 Å². The van der Waals surface area contributed by atoms with E-state index < -0.39 is 27.5 Å². The molecule has 0 saturated carbocycles. The molecule has 1 rings (SSSR count). The highest BCUT2D eigenvalue weighted by atomic mass is 32.2. The van der Waals surface area contributed by atoms with E-state index in [4.69, 9.17) is 5.11 Å². The van der Waals surface area contributed by atoms with Gasteiger partial charge in [0.15, 0.2) is 9.84 Å². The smallest absolute Gasteiger partial charge is 0.328 e. The van der Waals surface area contributed by atoms with Gasteiger partial charge < -0.3 is 10.4 Å². The summed E-state index contributed by atoms with van der Waals surface area (Å²) in [5.74, 6) is -2.30. The molecule has 20 heavy (non-hydrogen) atoms. The van der Waals surface area contributed by atoms with Crippen molar-refractivity contribution in [3.63, 3.8) is 0 Å². The molecule has 7 heteroatoms. The number of carbonyl (C=O) groups excluding carboxylic acids is 1. The van der Waals surface area contributed by atoms with Crippen molar-refractivity contribution in [2.45, 2.75) is 6.92 Å². The van der Waals surface area contributed by atoms with Gasteiger partial charge in [-0.15, -0.1) is 0 Å². The number of carboxylic acid groups (broad SMARTS) is 1. The lowest BCUT2D eigenvalue weighted by Crippen LogP contribution is -2.22. The number of aliphatic carboxylic acids is 1. The molecule has 1 aromatic carbocycles. The van der Waals surface area contributed by atoms with Gasteiger partial charge in [0, 0.05) is 18.0 Å². The Labute approximate surface area is 117 Å². The number of sulfone groups is 1. The minimum Gasteiger partial charge on any atom is -0.478 e. The summed E-state index contributed by atoms with van der Waals surface area (Å²) < 4.78 is 22.0. The van der Waals surface area contributed by atoms with Crippen molar-refractivity contribution in [2.24, 2.45) is 0 Å². The number of amides is 1. The molecule has 0 unspecified atom stereocenters. The fourth-order valence-corrected chi connectivity index (χ4v) is 2.02. The van der Waals surface area contributed by atoms with Crippen molar-refractivity contribution < 1.29 is 23.1 Å². The minimum absolute atomic E-state index is 0.450. The molecule has 6 nitrogen and oxygen atoms in total. The standard InChI is InChI=1S/C13H15NO5S/c1-9-3-4-10(5-6-13(16)17)7-11(9)14-12(15)8-20(2,18)19/h3-7H,8H2,1-2H3,(H,14,15)(H,16,17). The number of hydrogen-bond acceptors (Lipinski definition) is 4. The first-order valence-corrected chi connectivity index (χ1v) is 7.72. The summed E-state index contributed by atoms with van der Waals surface area (Å²) in [5, 5.41) is 11.0. The molecule has 2 N–H and O–H groups in total. The Bertz CT molecular complexity index is 661. The van der Waals surface area contributed by atoms with Crippen molar-refractivity contribution in [2.75, 3.05) is 17.3 Å². The first kappa shape index (κ1) is 15.9. The summed E-state index contributed by atoms with van der Waals surface area (Å²) in [4.78, 5) is 22.0. The van der Waals surface area contributed by atoms with Crippen LogP contribution in [0, 0.1) is 6.92 Å². The topological polar surface area (TPSA) is 101 Å². The van der Waals surface area contributed by atoms with Gasteiger partial charge in [0.25, 0.3) is 0 Å². The van der Waals surface area contributed by atoms with Crippen molar-refractivity contribution in [3.8, 4) is 0 Å². The fraction of sp³-hybridized carbons (Fsp3) is 0.231. The summed E-state index contributed by atoms with van der Waals surface area (Å²) in [6, 6.07) is 4.98. The molecule has 0 aliphatic rings. The molecule has 1 aromatic rings. The van der Waals surface area contributed by atoms with Crippen LogP contribution in [0.25, 0.3) is 6.08 Å². The van der Waals surface area contributed by atoms with Crippen LogP contribution in [0.5, 0.6) is 0 Å². The van der Waals surface area contributed by atoms with E-state index >= 15 is 0 Å². The summed E-state index contributed by atoms with van der Waals surface area (Å²) in [6.07, 6.45) is 3.34. The maximum Gasteiger partial charge on any atom is 0.328 e. The predicted octanol–water partition coefficient (Wildman–Crippen LogP) is 1.08. The van der Waals surface area contributed by atoms with Crippen LogP contribution in [0.3, 0.4) is 0 Å². The normalized spacial score (nSPS) is 11.5. The van der Waals surface area contributed by atoms with Gasteiger partial charge in [0.1, 0.15) is 5.75 Å². The van der Waals surface area contributed by atoms with E-state index in [1.165, 1.54) is 6.08 Å². The molecule has 0 atom stereocenters. The lowest BCUT2D eigenvalue weighted by Gasteiger charge is -2.09. The molecule has 0 aliphatic heterocycles. The lowest BCUT2D eigenvalue weighted by atomic mass is 10.1. The van der Waals surface area contributed by atoms with E-state index in [9.17, 15) is 18.0 Å². The molecule has 108 valence electrons. The van der Waals surface area contributed by atoms with Crippen molar-refractivity contribution in [1.29, 1.82) is 0 Å². The van der Waals surface area contributed by atoms with Gasteiger partial charge in [-0.1, -0.05) is 12.1 Å². The Morgan fingerprint density at radius 1 is 1.35 bits per heavy atom. The quantitative estimate of drug-likeness (QED) is 0.792. The average Bonchev–Trinajstić information content (AvgIpc) is 2.27. The predicted molar refractivity (Wildman–Crippen MR) is 76.2 cm³/mol. The molecule has 0 spiro atoms. The Morgan fingerprint density at radius 3 is 2.55 bits per heavy atom. The third-order valence-electron chi connectivity index (χ3n) is 2.35. The van der Waals surface area contributed by atoms with Gasteiger partial charge >= 0.3 is 5.97 Å². The van der Waals surface area contributed by atoms with Gasteiger partial charge in [-0.05, 0) is 30.2 Å². The van der Waals surface area contributed by atoms with Crippen LogP contribution in [0.15, 0.2) is 24.3 Å². The maximum absolute atomic E-state index is 11.6. The van der Waals surface area contributed by atoms with Gasteiger partial charge in [0.2, 0.25) is 5.91 Å². The first-order valence-electron chi connectivity index (χ1n) is 5.66. The van der Waals surface area contributed by atoms with E-state index in [1.807, 2.05) is 0 Å². The van der Waals surface area contributed by atoms with Crippen LogP contribution < -0.4 is 5.32 Å². The van der Waals surface area contributed by atoms with E-state index in [0.717, 1.165) is 17.9 Å². The van der Waals surface area contributed by atoms with Crippen LogP contribution in [0.2, 0.25) is 0 Å². The summed E-state index contributed by atoms with van der Waals surface area (Å²) in [7, 11) is -3.39. The first-order chi connectivity index (χ1) is 9.17. The molecular formula is C13H15NO5S. The zero-order valence-electron chi connectivity index (χ0n) is 11.1. The molecule has 0 aromatic heterocycles. The van der Waals surface area contributed by atoms with Crippen LogP contribution in [0.4, 0.5) is 5.69 Å². The molecule has 1 amide bonds. The second kappa shape index (κ2) is 6.33. The number of aryl methyl sites for hydroxylation is 1. The molecule has 0 radical (unpaired) electrons. The van der Waals surface area contributed by atoms with Gasteiger partial charge in [-0.3, -0.25) is 4.79 Å². The maximum atomic E-state index is 11.6. The average molecular weight is 297 g/mol. The monoisotopic (exact) mass is 297 g/mol. The van der Waals surface area contributed by atoms with Gasteiger partial charge in [-0.25, -0.2) is 13.2 Å². The minimum atomic E-state index is -3.39. The molecule has 0 fully saturated rings. The summed E-state index contributed by atoms with van der Waals surface area (Å²) in [6.45, 7) is 1.75. The number of benzene rings is 1. The van der Waals surface area contributed by atoms with E-state index in [1.54, 1.807) is 25.1 Å². The molecule has 0 heterocycles. The Kier molecular flexibility index (Phi) is 5.04.